The highest BCUT2D eigenvalue weighted by Crippen LogP contribution is 2.36. The summed E-state index contributed by atoms with van der Waals surface area (Å²) in [6.07, 6.45) is 1.07. The first kappa shape index (κ1) is 29.2. The fourth-order valence-electron chi connectivity index (χ4n) is 4.52. The van der Waals surface area contributed by atoms with E-state index in [-0.39, 0.29) is 11.3 Å². The molecular weight excluding hydrogens is 494 g/mol. The Labute approximate surface area is 230 Å². The van der Waals surface area contributed by atoms with Gasteiger partial charge < -0.3 is 10.6 Å². The molecule has 2 aromatic carbocycles. The van der Waals surface area contributed by atoms with Crippen LogP contribution in [0.15, 0.2) is 36.4 Å². The molecule has 0 bridgehead atoms. The van der Waals surface area contributed by atoms with Gasteiger partial charge in [0, 0.05) is 11.4 Å². The molecule has 7 heteroatoms. The number of thiazole rings is 1. The molecule has 0 radical (unpaired) electrons. The molecule has 202 valence electrons. The second-order valence-corrected chi connectivity index (χ2v) is 11.9. The monoisotopic (exact) mass is 533 g/mol. The number of amides is 1. The maximum atomic E-state index is 13.1. The molecule has 0 unspecified atom stereocenters. The summed E-state index contributed by atoms with van der Waals surface area (Å²) >= 11 is 1.22. The van der Waals surface area contributed by atoms with Gasteiger partial charge in [-0.2, -0.15) is 0 Å². The predicted molar refractivity (Wildman–Crippen MR) is 157 cm³/mol. The fraction of sp³-hybridized carbons (Fsp3) is 0.419. The quantitative estimate of drug-likeness (QED) is 0.160. The third-order valence-electron chi connectivity index (χ3n) is 6.62. The van der Waals surface area contributed by atoms with E-state index in [4.69, 9.17) is 0 Å². The van der Waals surface area contributed by atoms with Crippen molar-refractivity contribution in [1.29, 1.82) is 0 Å². The number of carbonyl (C=O) groups is 3. The molecule has 0 aliphatic heterocycles. The van der Waals surface area contributed by atoms with Crippen LogP contribution in [-0.4, -0.2) is 22.5 Å². The number of anilines is 3. The fourth-order valence-corrected chi connectivity index (χ4v) is 5.43. The molecule has 1 amide bonds. The van der Waals surface area contributed by atoms with Crippen molar-refractivity contribution in [1.82, 2.24) is 4.98 Å². The first-order chi connectivity index (χ1) is 17.9. The summed E-state index contributed by atoms with van der Waals surface area (Å²) in [5.41, 5.74) is 6.38. The van der Waals surface area contributed by atoms with Crippen molar-refractivity contribution >= 4 is 45.3 Å². The van der Waals surface area contributed by atoms with Crippen molar-refractivity contribution in [3.63, 3.8) is 0 Å². The molecule has 0 spiro atoms. The van der Waals surface area contributed by atoms with Crippen LogP contribution >= 0.6 is 11.3 Å². The minimum atomic E-state index is -0.770. The number of benzene rings is 2. The van der Waals surface area contributed by atoms with Gasteiger partial charge in [0.25, 0.3) is 5.91 Å². The van der Waals surface area contributed by atoms with Crippen LogP contribution in [0.4, 0.5) is 16.5 Å². The lowest BCUT2D eigenvalue weighted by Gasteiger charge is -2.25. The van der Waals surface area contributed by atoms with Crippen molar-refractivity contribution in [3.8, 4) is 0 Å². The van der Waals surface area contributed by atoms with Gasteiger partial charge in [0.2, 0.25) is 5.78 Å². The van der Waals surface area contributed by atoms with E-state index in [2.05, 4.69) is 61.5 Å². The van der Waals surface area contributed by atoms with E-state index < -0.39 is 23.9 Å². The minimum Gasteiger partial charge on any atom is -0.331 e. The molecule has 1 aromatic heterocycles. The van der Waals surface area contributed by atoms with Gasteiger partial charge in [-0.25, -0.2) is 4.98 Å². The number of nitrogens with zero attached hydrogens (tertiary/aromatic N) is 1. The third kappa shape index (κ3) is 6.57. The standard InChI is InChI=1S/C31H39N3O3S/c1-9-20-13-11-15-22(18(3)4)26(20)33-29(37)25(36)17-24(35)28-19(5)32-30(38-28)34-27-21(10-2)14-12-16-23(27)31(6,7)8/h11-16,18H,9-10,17H2,1-8H3,(H,32,34)(H,33,37). The number of hydrogen-bond acceptors (Lipinski definition) is 6. The largest absolute Gasteiger partial charge is 0.331 e. The highest BCUT2D eigenvalue weighted by Gasteiger charge is 2.25. The van der Waals surface area contributed by atoms with Crippen LogP contribution < -0.4 is 10.6 Å². The molecule has 0 fully saturated rings. The normalized spacial score (nSPS) is 11.5. The molecule has 3 rings (SSSR count). The average molecular weight is 534 g/mol. The second kappa shape index (κ2) is 12.0. The number of ketones is 2. The molecule has 0 atom stereocenters. The molecule has 0 aliphatic carbocycles. The molecule has 38 heavy (non-hydrogen) atoms. The van der Waals surface area contributed by atoms with Crippen LogP contribution in [-0.2, 0) is 27.8 Å². The van der Waals surface area contributed by atoms with Crippen molar-refractivity contribution in [2.45, 2.75) is 86.0 Å². The van der Waals surface area contributed by atoms with E-state index in [1.54, 1.807) is 6.92 Å². The Hall–Kier alpha value is -3.32. The Bertz CT molecular complexity index is 1350. The zero-order chi connectivity index (χ0) is 28.2. The molecule has 1 heterocycles. The summed E-state index contributed by atoms with van der Waals surface area (Å²) in [6.45, 7) is 16.4. The minimum absolute atomic E-state index is 0.0793. The Morgan fingerprint density at radius 3 is 2.13 bits per heavy atom. The Kier molecular flexibility index (Phi) is 9.26. The van der Waals surface area contributed by atoms with E-state index in [9.17, 15) is 14.4 Å². The lowest BCUT2D eigenvalue weighted by molar-refractivity contribution is -0.134. The Morgan fingerprint density at radius 1 is 0.947 bits per heavy atom. The van der Waals surface area contributed by atoms with Gasteiger partial charge in [0.15, 0.2) is 10.9 Å². The summed E-state index contributed by atoms with van der Waals surface area (Å²) < 4.78 is 0. The number of rotatable bonds is 10. The van der Waals surface area contributed by atoms with E-state index in [1.807, 2.05) is 39.0 Å². The number of hydrogen-bond donors (Lipinski definition) is 2. The number of nitrogens with one attached hydrogen (secondary N) is 2. The number of aryl methyl sites for hydroxylation is 3. The van der Waals surface area contributed by atoms with Gasteiger partial charge in [-0.3, -0.25) is 14.4 Å². The highest BCUT2D eigenvalue weighted by atomic mass is 32.1. The lowest BCUT2D eigenvalue weighted by Crippen LogP contribution is -2.26. The van der Waals surface area contributed by atoms with Gasteiger partial charge in [-0.1, -0.05) is 96.2 Å². The maximum absolute atomic E-state index is 13.1. The third-order valence-corrected chi connectivity index (χ3v) is 7.73. The van der Waals surface area contributed by atoms with E-state index in [1.165, 1.54) is 11.3 Å². The van der Waals surface area contributed by atoms with E-state index in [0.29, 0.717) is 21.4 Å². The van der Waals surface area contributed by atoms with E-state index in [0.717, 1.165) is 40.8 Å². The topological polar surface area (TPSA) is 88.2 Å². The van der Waals surface area contributed by atoms with Gasteiger partial charge in [-0.05, 0) is 53.4 Å². The summed E-state index contributed by atoms with van der Waals surface area (Å²) in [7, 11) is 0. The van der Waals surface area contributed by atoms with Crippen molar-refractivity contribution in [3.05, 3.63) is 69.2 Å². The van der Waals surface area contributed by atoms with Gasteiger partial charge >= 0.3 is 0 Å². The van der Waals surface area contributed by atoms with Crippen LogP contribution in [0.25, 0.3) is 0 Å². The van der Waals surface area contributed by atoms with Crippen LogP contribution in [0.1, 0.15) is 98.4 Å². The molecule has 0 aliphatic rings. The van der Waals surface area contributed by atoms with Crippen LogP contribution in [0.5, 0.6) is 0 Å². The van der Waals surface area contributed by atoms with Crippen molar-refractivity contribution < 1.29 is 14.4 Å². The number of carbonyl (C=O) groups excluding carboxylic acids is 3. The molecule has 2 N–H and O–H groups in total. The zero-order valence-electron chi connectivity index (χ0n) is 23.7. The first-order valence-electron chi connectivity index (χ1n) is 13.2. The Balaban J connectivity index is 1.79. The smallest absolute Gasteiger partial charge is 0.292 e. The highest BCUT2D eigenvalue weighted by molar-refractivity contribution is 7.17. The van der Waals surface area contributed by atoms with Gasteiger partial charge in [0.05, 0.1) is 17.0 Å². The number of aromatic nitrogens is 1. The molecule has 3 aromatic rings. The number of Topliss-reactive ketones (excluding diaryl/α,β-unsaturated/α-hetero) is 2. The van der Waals surface area contributed by atoms with Crippen LogP contribution in [0.3, 0.4) is 0 Å². The van der Waals surface area contributed by atoms with Crippen molar-refractivity contribution in [2.75, 3.05) is 10.6 Å². The number of para-hydroxylation sites is 2. The molecular formula is C31H39N3O3S. The lowest BCUT2D eigenvalue weighted by atomic mass is 9.84. The Morgan fingerprint density at radius 2 is 1.55 bits per heavy atom. The summed E-state index contributed by atoms with van der Waals surface area (Å²) in [6, 6.07) is 12.1. The molecule has 6 nitrogen and oxygen atoms in total. The molecule has 0 saturated heterocycles. The predicted octanol–water partition coefficient (Wildman–Crippen LogP) is 7.52. The van der Waals surface area contributed by atoms with Crippen molar-refractivity contribution in [2.24, 2.45) is 0 Å². The maximum Gasteiger partial charge on any atom is 0.292 e. The second-order valence-electron chi connectivity index (χ2n) is 10.9. The summed E-state index contributed by atoms with van der Waals surface area (Å²) in [5, 5.41) is 6.82. The zero-order valence-corrected chi connectivity index (χ0v) is 24.6. The van der Waals surface area contributed by atoms with Crippen LogP contribution in [0, 0.1) is 6.92 Å². The average Bonchev–Trinajstić information content (AvgIpc) is 3.23. The van der Waals surface area contributed by atoms with E-state index >= 15 is 0 Å². The van der Waals surface area contributed by atoms with Crippen LogP contribution in [0.2, 0.25) is 0 Å². The summed E-state index contributed by atoms with van der Waals surface area (Å²) in [5.74, 6) is -1.76. The van der Waals surface area contributed by atoms with Gasteiger partial charge in [-0.15, -0.1) is 0 Å². The summed E-state index contributed by atoms with van der Waals surface area (Å²) in [4.78, 5) is 43.7. The molecule has 0 saturated carbocycles. The first-order valence-corrected chi connectivity index (χ1v) is 14.0. The van der Waals surface area contributed by atoms with Gasteiger partial charge in [0.1, 0.15) is 0 Å². The SMILES string of the molecule is CCc1cccc(C(C)C)c1NC(=O)C(=O)CC(=O)c1sc(Nc2c(CC)cccc2C(C)(C)C)nc1C.